The van der Waals surface area contributed by atoms with Crippen molar-refractivity contribution in [2.24, 2.45) is 0 Å². The molecule has 0 aliphatic rings. The van der Waals surface area contributed by atoms with Crippen molar-refractivity contribution in [3.63, 3.8) is 0 Å². The van der Waals surface area contributed by atoms with Gasteiger partial charge >= 0.3 is 5.97 Å². The third kappa shape index (κ3) is 3.52. The number of thiophene rings is 1. The van der Waals surface area contributed by atoms with Crippen molar-refractivity contribution < 1.29 is 9.90 Å². The quantitative estimate of drug-likeness (QED) is 0.784. The summed E-state index contributed by atoms with van der Waals surface area (Å²) in [4.78, 5) is 12.5. The van der Waals surface area contributed by atoms with Gasteiger partial charge in [0.25, 0.3) is 0 Å². The summed E-state index contributed by atoms with van der Waals surface area (Å²) in [6.45, 7) is 2.11. The van der Waals surface area contributed by atoms with E-state index in [9.17, 15) is 9.90 Å². The van der Waals surface area contributed by atoms with Crippen LogP contribution in [0.1, 0.15) is 41.0 Å². The van der Waals surface area contributed by atoms with Crippen LogP contribution in [0.4, 0.5) is 5.69 Å². The minimum absolute atomic E-state index is 0.108. The molecule has 2 rings (SSSR count). The highest BCUT2D eigenvalue weighted by Gasteiger charge is 2.16. The fourth-order valence-corrected chi connectivity index (χ4v) is 3.06. The van der Waals surface area contributed by atoms with E-state index in [1.54, 1.807) is 23.5 Å². The molecule has 0 bridgehead atoms. The molecule has 1 aromatic carbocycles. The molecule has 0 fully saturated rings. The molecule has 1 unspecified atom stereocenters. The summed E-state index contributed by atoms with van der Waals surface area (Å²) in [5.74, 6) is -0.953. The minimum Gasteiger partial charge on any atom is -0.478 e. The maximum Gasteiger partial charge on any atom is 0.337 e. The molecule has 0 radical (unpaired) electrons. The maximum atomic E-state index is 11.3. The Labute approximate surface area is 127 Å². The van der Waals surface area contributed by atoms with Crippen molar-refractivity contribution in [2.45, 2.75) is 25.8 Å². The predicted molar refractivity (Wildman–Crippen MR) is 84.0 cm³/mol. The standard InChI is InChI=1S/C15H16ClNO2S/c1-2-4-12(14-5-3-8-20-14)17-13-9-10(16)6-7-11(13)15(18)19/h3,5-9,12,17H,2,4H2,1H3,(H,18,19). The van der Waals surface area contributed by atoms with Crippen molar-refractivity contribution in [3.8, 4) is 0 Å². The molecule has 1 aromatic heterocycles. The Morgan fingerprint density at radius 2 is 2.25 bits per heavy atom. The topological polar surface area (TPSA) is 49.3 Å². The van der Waals surface area contributed by atoms with Crippen molar-refractivity contribution in [1.29, 1.82) is 0 Å². The molecular weight excluding hydrogens is 294 g/mol. The summed E-state index contributed by atoms with van der Waals surface area (Å²) in [5, 5.41) is 15.1. The van der Waals surface area contributed by atoms with Gasteiger partial charge in [0.2, 0.25) is 0 Å². The van der Waals surface area contributed by atoms with Crippen molar-refractivity contribution in [2.75, 3.05) is 5.32 Å². The van der Waals surface area contributed by atoms with Crippen LogP contribution >= 0.6 is 22.9 Å². The molecule has 20 heavy (non-hydrogen) atoms. The van der Waals surface area contributed by atoms with Crippen LogP contribution in [0.5, 0.6) is 0 Å². The normalized spacial score (nSPS) is 12.1. The van der Waals surface area contributed by atoms with Crippen molar-refractivity contribution in [1.82, 2.24) is 0 Å². The van der Waals surface area contributed by atoms with Crippen LogP contribution in [0.15, 0.2) is 35.7 Å². The summed E-state index contributed by atoms with van der Waals surface area (Å²) in [5.41, 5.74) is 0.809. The monoisotopic (exact) mass is 309 g/mol. The van der Waals surface area contributed by atoms with Crippen LogP contribution in [-0.2, 0) is 0 Å². The number of benzene rings is 1. The van der Waals surface area contributed by atoms with E-state index >= 15 is 0 Å². The zero-order chi connectivity index (χ0) is 14.5. The van der Waals surface area contributed by atoms with Gasteiger partial charge in [0.05, 0.1) is 17.3 Å². The van der Waals surface area contributed by atoms with Gasteiger partial charge in [-0.15, -0.1) is 11.3 Å². The second kappa shape index (κ2) is 6.77. The van der Waals surface area contributed by atoms with Gasteiger partial charge < -0.3 is 10.4 Å². The van der Waals surface area contributed by atoms with E-state index in [2.05, 4.69) is 18.3 Å². The molecule has 0 saturated heterocycles. The summed E-state index contributed by atoms with van der Waals surface area (Å²) >= 11 is 7.64. The molecule has 106 valence electrons. The number of hydrogen-bond acceptors (Lipinski definition) is 3. The number of carbonyl (C=O) groups is 1. The molecule has 5 heteroatoms. The van der Waals surface area contributed by atoms with Crippen LogP contribution in [0, 0.1) is 0 Å². The first kappa shape index (κ1) is 14.9. The molecule has 1 heterocycles. The fourth-order valence-electron chi connectivity index (χ4n) is 2.07. The number of carboxylic acid groups (broad SMARTS) is 1. The SMILES string of the molecule is CCCC(Nc1cc(Cl)ccc1C(=O)O)c1cccs1. The van der Waals surface area contributed by atoms with E-state index in [-0.39, 0.29) is 11.6 Å². The van der Waals surface area contributed by atoms with Crippen LogP contribution in [-0.4, -0.2) is 11.1 Å². The van der Waals surface area contributed by atoms with Gasteiger partial charge in [-0.25, -0.2) is 4.79 Å². The van der Waals surface area contributed by atoms with Gasteiger partial charge in [-0.1, -0.05) is 31.0 Å². The number of hydrogen-bond donors (Lipinski definition) is 2. The summed E-state index contributed by atoms with van der Waals surface area (Å²) in [6, 6.07) is 8.96. The first-order valence-corrected chi connectivity index (χ1v) is 7.70. The number of halogens is 1. The van der Waals surface area contributed by atoms with Gasteiger partial charge in [0.15, 0.2) is 0 Å². The highest BCUT2D eigenvalue weighted by molar-refractivity contribution is 7.10. The summed E-state index contributed by atoms with van der Waals surface area (Å²) < 4.78 is 0. The van der Waals surface area contributed by atoms with E-state index in [1.807, 2.05) is 11.4 Å². The van der Waals surface area contributed by atoms with Gasteiger partial charge in [0, 0.05) is 9.90 Å². The smallest absolute Gasteiger partial charge is 0.337 e. The highest BCUT2D eigenvalue weighted by atomic mass is 35.5. The first-order chi connectivity index (χ1) is 9.61. The van der Waals surface area contributed by atoms with E-state index in [1.165, 1.54) is 10.9 Å². The maximum absolute atomic E-state index is 11.3. The molecule has 0 amide bonds. The van der Waals surface area contributed by atoms with Gasteiger partial charge in [-0.05, 0) is 36.1 Å². The number of nitrogens with one attached hydrogen (secondary N) is 1. The van der Waals surface area contributed by atoms with E-state index in [0.717, 1.165) is 12.8 Å². The molecule has 1 atom stereocenters. The van der Waals surface area contributed by atoms with E-state index in [4.69, 9.17) is 11.6 Å². The Hall–Kier alpha value is -1.52. The predicted octanol–water partition coefficient (Wildman–Crippen LogP) is 5.05. The summed E-state index contributed by atoms with van der Waals surface area (Å²) in [6.07, 6.45) is 1.95. The average Bonchev–Trinajstić information content (AvgIpc) is 2.91. The highest BCUT2D eigenvalue weighted by Crippen LogP contribution is 2.30. The van der Waals surface area contributed by atoms with E-state index < -0.39 is 5.97 Å². The molecule has 2 aromatic rings. The lowest BCUT2D eigenvalue weighted by molar-refractivity contribution is 0.0698. The minimum atomic E-state index is -0.953. The van der Waals surface area contributed by atoms with Crippen LogP contribution in [0.2, 0.25) is 5.02 Å². The number of carboxylic acids is 1. The molecule has 2 N–H and O–H groups in total. The van der Waals surface area contributed by atoms with Crippen LogP contribution < -0.4 is 5.32 Å². The third-order valence-corrected chi connectivity index (χ3v) is 4.23. The third-order valence-electron chi connectivity index (χ3n) is 3.01. The molecular formula is C15H16ClNO2S. The van der Waals surface area contributed by atoms with Crippen molar-refractivity contribution in [3.05, 3.63) is 51.2 Å². The Morgan fingerprint density at radius 1 is 1.45 bits per heavy atom. The first-order valence-electron chi connectivity index (χ1n) is 6.44. The fraction of sp³-hybridized carbons (Fsp3) is 0.267. The number of rotatable bonds is 6. The number of anilines is 1. The zero-order valence-corrected chi connectivity index (χ0v) is 12.7. The molecule has 0 aliphatic carbocycles. The van der Waals surface area contributed by atoms with Crippen LogP contribution in [0.3, 0.4) is 0 Å². The lowest BCUT2D eigenvalue weighted by Gasteiger charge is -2.19. The zero-order valence-electron chi connectivity index (χ0n) is 11.1. The molecule has 0 spiro atoms. The van der Waals surface area contributed by atoms with Gasteiger partial charge in [-0.3, -0.25) is 0 Å². The number of aromatic carboxylic acids is 1. The average molecular weight is 310 g/mol. The molecule has 0 saturated carbocycles. The van der Waals surface area contributed by atoms with Crippen molar-refractivity contribution >= 4 is 34.6 Å². The van der Waals surface area contributed by atoms with Crippen LogP contribution in [0.25, 0.3) is 0 Å². The van der Waals surface area contributed by atoms with Gasteiger partial charge in [0.1, 0.15) is 0 Å². The Kier molecular flexibility index (Phi) is 5.04. The Morgan fingerprint density at radius 3 is 2.85 bits per heavy atom. The van der Waals surface area contributed by atoms with Gasteiger partial charge in [-0.2, -0.15) is 0 Å². The molecule has 0 aliphatic heterocycles. The molecule has 3 nitrogen and oxygen atoms in total. The lowest BCUT2D eigenvalue weighted by Crippen LogP contribution is -2.12. The second-order valence-corrected chi connectivity index (χ2v) is 5.91. The largest absolute Gasteiger partial charge is 0.478 e. The lowest BCUT2D eigenvalue weighted by atomic mass is 10.1. The second-order valence-electron chi connectivity index (χ2n) is 4.50. The van der Waals surface area contributed by atoms with E-state index in [0.29, 0.717) is 10.7 Å². The Balaban J connectivity index is 2.30. The Bertz CT molecular complexity index is 584. The summed E-state index contributed by atoms with van der Waals surface area (Å²) in [7, 11) is 0.